The summed E-state index contributed by atoms with van der Waals surface area (Å²) in [6.07, 6.45) is 4.32. The van der Waals surface area contributed by atoms with Crippen molar-refractivity contribution in [1.82, 2.24) is 0 Å². The molecule has 2 N–H and O–H groups in total. The molecule has 2 radical (unpaired) electrons. The SMILES string of the molecule is [B][C@]1(C#N)O[C@H](COC(CCCC)CCCCC)[C@@H](O)[C@H]1O. The molecule has 0 aromatic heterocycles. The molecule has 124 valence electrons. The number of unbranched alkanes of at least 4 members (excludes halogenated alkanes) is 3. The fraction of sp³-hybridized carbons (Fsp3) is 0.938. The van der Waals surface area contributed by atoms with E-state index in [1.54, 1.807) is 6.07 Å². The van der Waals surface area contributed by atoms with Crippen molar-refractivity contribution >= 4 is 7.85 Å². The molecular weight excluding hydrogens is 281 g/mol. The van der Waals surface area contributed by atoms with Gasteiger partial charge >= 0.3 is 0 Å². The Labute approximate surface area is 135 Å². The molecule has 1 heterocycles. The molecule has 0 spiro atoms. The summed E-state index contributed by atoms with van der Waals surface area (Å²) < 4.78 is 11.2. The average molecular weight is 309 g/mol. The van der Waals surface area contributed by atoms with Crippen molar-refractivity contribution in [2.45, 2.75) is 88.7 Å². The first-order valence-corrected chi connectivity index (χ1v) is 8.34. The van der Waals surface area contributed by atoms with Gasteiger partial charge in [-0.2, -0.15) is 5.26 Å². The van der Waals surface area contributed by atoms with Crippen LogP contribution in [-0.4, -0.2) is 54.6 Å². The van der Waals surface area contributed by atoms with Crippen molar-refractivity contribution in [3.8, 4) is 6.07 Å². The zero-order valence-electron chi connectivity index (χ0n) is 13.7. The van der Waals surface area contributed by atoms with Crippen LogP contribution in [0.3, 0.4) is 0 Å². The zero-order valence-corrected chi connectivity index (χ0v) is 13.7. The summed E-state index contributed by atoms with van der Waals surface area (Å²) in [5.74, 6) is 0. The van der Waals surface area contributed by atoms with E-state index in [1.807, 2.05) is 0 Å². The Morgan fingerprint density at radius 2 is 1.86 bits per heavy atom. The largest absolute Gasteiger partial charge is 0.387 e. The van der Waals surface area contributed by atoms with Gasteiger partial charge in [-0.05, 0) is 12.8 Å². The quantitative estimate of drug-likeness (QED) is 0.473. The first kappa shape index (κ1) is 19.4. The van der Waals surface area contributed by atoms with Gasteiger partial charge in [0, 0.05) is 0 Å². The highest BCUT2D eigenvalue weighted by Crippen LogP contribution is 2.29. The summed E-state index contributed by atoms with van der Waals surface area (Å²) in [6.45, 7) is 4.44. The molecule has 0 aromatic rings. The minimum absolute atomic E-state index is 0.120. The van der Waals surface area contributed by atoms with Crippen LogP contribution in [0.1, 0.15) is 58.8 Å². The summed E-state index contributed by atoms with van der Waals surface area (Å²) in [5, 5.41) is 28.7. The molecule has 0 aliphatic carbocycles. The number of rotatable bonds is 10. The second-order valence-electron chi connectivity index (χ2n) is 6.09. The van der Waals surface area contributed by atoms with Gasteiger partial charge in [-0.15, -0.1) is 0 Å². The van der Waals surface area contributed by atoms with Crippen LogP contribution < -0.4 is 0 Å². The smallest absolute Gasteiger partial charge is 0.138 e. The summed E-state index contributed by atoms with van der Waals surface area (Å²) in [4.78, 5) is 0. The second kappa shape index (κ2) is 9.52. The molecule has 0 amide bonds. The van der Waals surface area contributed by atoms with Crippen LogP contribution in [0.4, 0.5) is 0 Å². The lowest BCUT2D eigenvalue weighted by Gasteiger charge is -2.22. The van der Waals surface area contributed by atoms with Crippen molar-refractivity contribution < 1.29 is 19.7 Å². The number of nitriles is 1. The van der Waals surface area contributed by atoms with Gasteiger partial charge in [-0.1, -0.05) is 46.0 Å². The molecule has 1 saturated heterocycles. The number of ether oxygens (including phenoxy) is 2. The minimum Gasteiger partial charge on any atom is -0.387 e. The molecule has 1 unspecified atom stereocenters. The van der Waals surface area contributed by atoms with E-state index in [9.17, 15) is 10.2 Å². The average Bonchev–Trinajstić information content (AvgIpc) is 2.74. The fourth-order valence-electron chi connectivity index (χ4n) is 2.67. The topological polar surface area (TPSA) is 82.7 Å². The maximum atomic E-state index is 9.94. The van der Waals surface area contributed by atoms with Crippen LogP contribution in [0.2, 0.25) is 0 Å². The van der Waals surface area contributed by atoms with Crippen molar-refractivity contribution in [2.75, 3.05) is 6.61 Å². The van der Waals surface area contributed by atoms with Gasteiger partial charge in [0.25, 0.3) is 0 Å². The lowest BCUT2D eigenvalue weighted by Crippen LogP contribution is -2.42. The summed E-state index contributed by atoms with van der Waals surface area (Å²) >= 11 is 0. The second-order valence-corrected chi connectivity index (χ2v) is 6.09. The van der Waals surface area contributed by atoms with Gasteiger partial charge in [-0.3, -0.25) is 0 Å². The monoisotopic (exact) mass is 309 g/mol. The highest BCUT2D eigenvalue weighted by atomic mass is 16.6. The third-order valence-corrected chi connectivity index (χ3v) is 4.17. The molecule has 5 atom stereocenters. The number of nitrogens with zero attached hydrogens (tertiary/aromatic N) is 1. The first-order chi connectivity index (χ1) is 10.5. The fourth-order valence-corrected chi connectivity index (χ4v) is 2.67. The van der Waals surface area contributed by atoms with Gasteiger partial charge in [-0.25, -0.2) is 0 Å². The molecule has 6 heteroatoms. The van der Waals surface area contributed by atoms with E-state index in [4.69, 9.17) is 22.6 Å². The van der Waals surface area contributed by atoms with Crippen LogP contribution in [0, 0.1) is 11.3 Å². The van der Waals surface area contributed by atoms with E-state index in [0.717, 1.165) is 38.5 Å². The van der Waals surface area contributed by atoms with Crippen molar-refractivity contribution in [1.29, 1.82) is 5.26 Å². The van der Waals surface area contributed by atoms with Gasteiger partial charge < -0.3 is 19.7 Å². The van der Waals surface area contributed by atoms with Crippen molar-refractivity contribution in [2.24, 2.45) is 0 Å². The van der Waals surface area contributed by atoms with Crippen molar-refractivity contribution in [3.63, 3.8) is 0 Å². The van der Waals surface area contributed by atoms with Crippen LogP contribution in [-0.2, 0) is 9.47 Å². The lowest BCUT2D eigenvalue weighted by atomic mass is 9.78. The Hall–Kier alpha value is -0.605. The van der Waals surface area contributed by atoms with E-state index < -0.39 is 23.8 Å². The van der Waals surface area contributed by atoms with E-state index in [1.165, 1.54) is 6.42 Å². The Kier molecular flexibility index (Phi) is 8.41. The predicted molar refractivity (Wildman–Crippen MR) is 84.4 cm³/mol. The maximum Gasteiger partial charge on any atom is 0.138 e. The van der Waals surface area contributed by atoms with E-state index in [-0.39, 0.29) is 12.7 Å². The Morgan fingerprint density at radius 1 is 1.23 bits per heavy atom. The first-order valence-electron chi connectivity index (χ1n) is 8.34. The van der Waals surface area contributed by atoms with E-state index >= 15 is 0 Å². The summed E-state index contributed by atoms with van der Waals surface area (Å²) in [6, 6.07) is 1.70. The number of aliphatic hydroxyl groups is 2. The predicted octanol–water partition coefficient (Wildman–Crippen LogP) is 1.65. The Balaban J connectivity index is 2.48. The molecular formula is C16H28BNO4. The molecule has 0 bridgehead atoms. The van der Waals surface area contributed by atoms with Gasteiger partial charge in [0.05, 0.1) is 18.8 Å². The van der Waals surface area contributed by atoms with Crippen LogP contribution in [0.25, 0.3) is 0 Å². The highest BCUT2D eigenvalue weighted by molar-refractivity contribution is 6.17. The van der Waals surface area contributed by atoms with Gasteiger partial charge in [0.2, 0.25) is 0 Å². The molecule has 5 nitrogen and oxygen atoms in total. The number of hydrogen-bond acceptors (Lipinski definition) is 5. The molecule has 0 aromatic carbocycles. The standard InChI is InChI=1S/C16H28BNO4/c1-3-5-7-9-12(8-6-4-2)21-10-13-14(19)15(20)16(17,11-18)22-13/h12-15,19-20H,3-10H2,1-2H3/t12?,13-,14-,15-,16-/m1/s1. The van der Waals surface area contributed by atoms with Crippen LogP contribution >= 0.6 is 0 Å². The van der Waals surface area contributed by atoms with Crippen LogP contribution in [0.15, 0.2) is 0 Å². The highest BCUT2D eigenvalue weighted by Gasteiger charge is 2.51. The lowest BCUT2D eigenvalue weighted by molar-refractivity contribution is -0.0688. The Morgan fingerprint density at radius 3 is 2.41 bits per heavy atom. The van der Waals surface area contributed by atoms with Gasteiger partial charge in [0.1, 0.15) is 31.7 Å². The summed E-state index contributed by atoms with van der Waals surface area (Å²) in [5.41, 5.74) is -1.85. The molecule has 1 rings (SSSR count). The third kappa shape index (κ3) is 5.24. The number of hydrogen-bond donors (Lipinski definition) is 2. The summed E-state index contributed by atoms with van der Waals surface area (Å²) in [7, 11) is 5.62. The maximum absolute atomic E-state index is 9.94. The normalized spacial score (nSPS) is 32.8. The molecule has 1 aliphatic rings. The molecule has 1 aliphatic heterocycles. The van der Waals surface area contributed by atoms with Gasteiger partial charge in [0.15, 0.2) is 0 Å². The minimum atomic E-state index is -1.85. The zero-order chi connectivity index (χ0) is 16.6. The van der Waals surface area contributed by atoms with E-state index in [0.29, 0.717) is 0 Å². The van der Waals surface area contributed by atoms with Crippen molar-refractivity contribution in [3.05, 3.63) is 0 Å². The molecule has 22 heavy (non-hydrogen) atoms. The third-order valence-electron chi connectivity index (χ3n) is 4.17. The Bertz CT molecular complexity index is 363. The molecule has 1 fully saturated rings. The molecule has 0 saturated carbocycles. The van der Waals surface area contributed by atoms with Crippen LogP contribution in [0.5, 0.6) is 0 Å². The van der Waals surface area contributed by atoms with E-state index in [2.05, 4.69) is 13.8 Å². The number of aliphatic hydroxyl groups excluding tert-OH is 2.